The van der Waals surface area contributed by atoms with Crippen LogP contribution in [0.25, 0.3) is 0 Å². The topological polar surface area (TPSA) is 64.0 Å². The summed E-state index contributed by atoms with van der Waals surface area (Å²) in [5.74, 6) is 1.07. The lowest BCUT2D eigenvalue weighted by molar-refractivity contribution is 0.101. The van der Waals surface area contributed by atoms with Crippen molar-refractivity contribution >= 4 is 17.5 Å². The van der Waals surface area contributed by atoms with Crippen molar-refractivity contribution in [2.45, 2.75) is 25.8 Å². The average molecular weight is 359 g/mol. The molecule has 5 heteroatoms. The van der Waals surface area contributed by atoms with Crippen LogP contribution in [0.15, 0.2) is 66.9 Å². The maximum absolute atomic E-state index is 12.6. The minimum atomic E-state index is -0.210. The predicted octanol–water partition coefficient (Wildman–Crippen LogP) is 4.34. The van der Waals surface area contributed by atoms with Crippen LogP contribution in [0.5, 0.6) is 0 Å². The highest BCUT2D eigenvalue weighted by molar-refractivity contribution is 6.10. The lowest BCUT2D eigenvalue weighted by Crippen LogP contribution is -2.18. The SMILES string of the molecule is CC(C1CC1)n1nccc1NC(=O)c1ccc(C(=O)c2ccccc2)cc1. The fourth-order valence-electron chi connectivity index (χ4n) is 3.23. The summed E-state index contributed by atoms with van der Waals surface area (Å²) in [4.78, 5) is 25.0. The molecule has 2 aromatic carbocycles. The second-order valence-corrected chi connectivity index (χ2v) is 6.97. The van der Waals surface area contributed by atoms with Gasteiger partial charge in [-0.05, 0) is 37.8 Å². The van der Waals surface area contributed by atoms with Gasteiger partial charge in [-0.25, -0.2) is 4.68 Å². The van der Waals surface area contributed by atoms with Gasteiger partial charge in [0.15, 0.2) is 5.78 Å². The van der Waals surface area contributed by atoms with Crippen LogP contribution >= 0.6 is 0 Å². The van der Waals surface area contributed by atoms with Crippen LogP contribution in [0, 0.1) is 5.92 Å². The number of nitrogens with zero attached hydrogens (tertiary/aromatic N) is 2. The normalized spacial score (nSPS) is 14.6. The first kappa shape index (κ1) is 17.2. The minimum Gasteiger partial charge on any atom is -0.307 e. The summed E-state index contributed by atoms with van der Waals surface area (Å²) in [6, 6.07) is 17.9. The Kier molecular flexibility index (Phi) is 4.59. The number of hydrogen-bond donors (Lipinski definition) is 1. The molecule has 1 atom stereocenters. The molecule has 0 bridgehead atoms. The molecular weight excluding hydrogens is 338 g/mol. The fraction of sp³-hybridized carbons (Fsp3) is 0.227. The first-order valence-corrected chi connectivity index (χ1v) is 9.18. The molecule has 27 heavy (non-hydrogen) atoms. The van der Waals surface area contributed by atoms with E-state index in [-0.39, 0.29) is 17.7 Å². The Morgan fingerprint density at radius 3 is 2.26 bits per heavy atom. The van der Waals surface area contributed by atoms with Gasteiger partial charge in [0.25, 0.3) is 5.91 Å². The fourth-order valence-corrected chi connectivity index (χ4v) is 3.23. The zero-order chi connectivity index (χ0) is 18.8. The van der Waals surface area contributed by atoms with Crippen LogP contribution < -0.4 is 5.32 Å². The molecule has 1 heterocycles. The van der Waals surface area contributed by atoms with E-state index in [1.165, 1.54) is 12.8 Å². The zero-order valence-corrected chi connectivity index (χ0v) is 15.1. The van der Waals surface area contributed by atoms with Gasteiger partial charge in [-0.3, -0.25) is 9.59 Å². The molecule has 0 spiro atoms. The highest BCUT2D eigenvalue weighted by Crippen LogP contribution is 2.40. The monoisotopic (exact) mass is 359 g/mol. The van der Waals surface area contributed by atoms with Gasteiger partial charge in [-0.15, -0.1) is 0 Å². The Morgan fingerprint density at radius 1 is 0.963 bits per heavy atom. The second kappa shape index (κ2) is 7.19. The van der Waals surface area contributed by atoms with Crippen molar-refractivity contribution in [2.75, 3.05) is 5.32 Å². The number of nitrogens with one attached hydrogen (secondary N) is 1. The quantitative estimate of drug-likeness (QED) is 0.666. The van der Waals surface area contributed by atoms with Gasteiger partial charge in [-0.1, -0.05) is 42.5 Å². The van der Waals surface area contributed by atoms with E-state index < -0.39 is 0 Å². The number of amides is 1. The second-order valence-electron chi connectivity index (χ2n) is 6.97. The maximum atomic E-state index is 12.6. The van der Waals surface area contributed by atoms with E-state index in [9.17, 15) is 9.59 Å². The van der Waals surface area contributed by atoms with Gasteiger partial charge in [0.2, 0.25) is 0 Å². The van der Waals surface area contributed by atoms with Crippen molar-refractivity contribution in [3.63, 3.8) is 0 Å². The highest BCUT2D eigenvalue weighted by Gasteiger charge is 2.30. The van der Waals surface area contributed by atoms with Gasteiger partial charge in [0, 0.05) is 22.8 Å². The Labute approximate surface area is 158 Å². The number of ketones is 1. The van der Waals surface area contributed by atoms with Gasteiger partial charge < -0.3 is 5.32 Å². The standard InChI is InChI=1S/C22H21N3O2/c1-15(16-7-8-16)25-20(13-14-23-25)24-22(27)19-11-9-18(10-12-19)21(26)17-5-3-2-4-6-17/h2-6,9-16H,7-8H2,1H3,(H,24,27). The Morgan fingerprint density at radius 2 is 1.59 bits per heavy atom. The minimum absolute atomic E-state index is 0.0566. The predicted molar refractivity (Wildman–Crippen MR) is 104 cm³/mol. The van der Waals surface area contributed by atoms with Gasteiger partial charge >= 0.3 is 0 Å². The average Bonchev–Trinajstić information content (AvgIpc) is 3.47. The Hall–Kier alpha value is -3.21. The molecule has 136 valence electrons. The molecular formula is C22H21N3O2. The molecule has 1 N–H and O–H groups in total. The van der Waals surface area contributed by atoms with Crippen LogP contribution in [-0.2, 0) is 0 Å². The van der Waals surface area contributed by atoms with Crippen LogP contribution in [0.1, 0.15) is 52.1 Å². The molecule has 0 radical (unpaired) electrons. The highest BCUT2D eigenvalue weighted by atomic mass is 16.1. The summed E-state index contributed by atoms with van der Waals surface area (Å²) >= 11 is 0. The number of aromatic nitrogens is 2. The van der Waals surface area contributed by atoms with Crippen LogP contribution in [0.2, 0.25) is 0 Å². The number of carbonyl (C=O) groups excluding carboxylic acids is 2. The molecule has 4 rings (SSSR count). The van der Waals surface area contributed by atoms with E-state index in [1.807, 2.05) is 28.9 Å². The molecule has 0 saturated heterocycles. The summed E-state index contributed by atoms with van der Waals surface area (Å²) in [6.45, 7) is 2.13. The Bertz CT molecular complexity index is 957. The molecule has 1 amide bonds. The van der Waals surface area contributed by atoms with Crippen molar-refractivity contribution in [3.8, 4) is 0 Å². The molecule has 1 saturated carbocycles. The van der Waals surface area contributed by atoms with E-state index >= 15 is 0 Å². The lowest BCUT2D eigenvalue weighted by atomic mass is 10.0. The molecule has 1 unspecified atom stereocenters. The van der Waals surface area contributed by atoms with Crippen molar-refractivity contribution in [2.24, 2.45) is 5.92 Å². The van der Waals surface area contributed by atoms with Crippen molar-refractivity contribution in [1.29, 1.82) is 0 Å². The molecule has 1 fully saturated rings. The van der Waals surface area contributed by atoms with Crippen LogP contribution in [-0.4, -0.2) is 21.5 Å². The summed E-state index contributed by atoms with van der Waals surface area (Å²) in [6.07, 6.45) is 4.13. The third-order valence-corrected chi connectivity index (χ3v) is 5.05. The van der Waals surface area contributed by atoms with E-state index in [0.717, 1.165) is 0 Å². The third kappa shape index (κ3) is 3.67. The molecule has 5 nitrogen and oxygen atoms in total. The van der Waals surface area contributed by atoms with E-state index in [1.54, 1.807) is 42.6 Å². The van der Waals surface area contributed by atoms with Gasteiger partial charge in [-0.2, -0.15) is 5.10 Å². The van der Waals surface area contributed by atoms with Crippen molar-refractivity contribution in [1.82, 2.24) is 9.78 Å². The number of hydrogen-bond acceptors (Lipinski definition) is 3. The summed E-state index contributed by atoms with van der Waals surface area (Å²) in [5, 5.41) is 7.28. The van der Waals surface area contributed by atoms with Crippen LogP contribution in [0.3, 0.4) is 0 Å². The van der Waals surface area contributed by atoms with Gasteiger partial charge in [0.05, 0.1) is 12.2 Å². The Balaban J connectivity index is 1.47. The number of carbonyl (C=O) groups is 2. The number of rotatable bonds is 6. The number of anilines is 1. The zero-order valence-electron chi connectivity index (χ0n) is 15.1. The van der Waals surface area contributed by atoms with E-state index in [0.29, 0.717) is 28.4 Å². The first-order valence-electron chi connectivity index (χ1n) is 9.18. The largest absolute Gasteiger partial charge is 0.307 e. The summed E-state index contributed by atoms with van der Waals surface area (Å²) in [5.41, 5.74) is 1.70. The van der Waals surface area contributed by atoms with Crippen LogP contribution in [0.4, 0.5) is 5.82 Å². The van der Waals surface area contributed by atoms with Gasteiger partial charge in [0.1, 0.15) is 5.82 Å². The first-order chi connectivity index (χ1) is 13.1. The molecule has 1 aliphatic rings. The summed E-state index contributed by atoms with van der Waals surface area (Å²) in [7, 11) is 0. The molecule has 1 aliphatic carbocycles. The van der Waals surface area contributed by atoms with E-state index in [2.05, 4.69) is 17.3 Å². The maximum Gasteiger partial charge on any atom is 0.256 e. The number of benzene rings is 2. The third-order valence-electron chi connectivity index (χ3n) is 5.05. The van der Waals surface area contributed by atoms with Crippen molar-refractivity contribution < 1.29 is 9.59 Å². The van der Waals surface area contributed by atoms with Crippen molar-refractivity contribution in [3.05, 3.63) is 83.6 Å². The molecule has 1 aromatic heterocycles. The van der Waals surface area contributed by atoms with E-state index in [4.69, 9.17) is 0 Å². The smallest absolute Gasteiger partial charge is 0.256 e. The lowest BCUT2D eigenvalue weighted by Gasteiger charge is -2.15. The molecule has 3 aromatic rings. The summed E-state index contributed by atoms with van der Waals surface area (Å²) < 4.78 is 1.88. The molecule has 0 aliphatic heterocycles.